The third-order valence-corrected chi connectivity index (χ3v) is 6.21. The SMILES string of the molecule is C=CC(=O)N1CCCC(Sc2nc(Nc3cnn(CC(F)F)c3)nc3[nH]nc(Cl)c23)C1. The van der Waals surface area contributed by atoms with Crippen LogP contribution in [0.3, 0.4) is 0 Å². The fourth-order valence-corrected chi connectivity index (χ4v) is 4.91. The Morgan fingerprint density at radius 1 is 1.48 bits per heavy atom. The Labute approximate surface area is 185 Å². The highest BCUT2D eigenvalue weighted by atomic mass is 35.5. The van der Waals surface area contributed by atoms with Gasteiger partial charge in [-0.3, -0.25) is 14.6 Å². The molecule has 1 fully saturated rings. The second-order valence-corrected chi connectivity index (χ2v) is 8.58. The first kappa shape index (κ1) is 21.5. The number of nitrogens with zero attached hydrogens (tertiary/aromatic N) is 6. The van der Waals surface area contributed by atoms with Gasteiger partial charge in [-0.15, -0.1) is 11.8 Å². The summed E-state index contributed by atoms with van der Waals surface area (Å²) >= 11 is 7.74. The topological polar surface area (TPSA) is 105 Å². The van der Waals surface area contributed by atoms with Gasteiger partial charge in [0.05, 0.1) is 17.3 Å². The lowest BCUT2D eigenvalue weighted by atomic mass is 10.1. The molecular formula is C18H19ClF2N8OS. The number of thioether (sulfide) groups is 1. The quantitative estimate of drug-likeness (QED) is 0.404. The number of fused-ring (bicyclic) bond motifs is 1. The Morgan fingerprint density at radius 3 is 3.10 bits per heavy atom. The van der Waals surface area contributed by atoms with Crippen molar-refractivity contribution in [2.75, 3.05) is 18.4 Å². The van der Waals surface area contributed by atoms with Crippen LogP contribution in [0, 0.1) is 0 Å². The number of nitrogens with one attached hydrogen (secondary N) is 2. The van der Waals surface area contributed by atoms with E-state index in [1.165, 1.54) is 30.2 Å². The third-order valence-electron chi connectivity index (χ3n) is 4.70. The van der Waals surface area contributed by atoms with Crippen LogP contribution in [-0.4, -0.2) is 65.5 Å². The van der Waals surface area contributed by atoms with Crippen LogP contribution >= 0.6 is 23.4 Å². The summed E-state index contributed by atoms with van der Waals surface area (Å²) in [7, 11) is 0. The van der Waals surface area contributed by atoms with Gasteiger partial charge in [-0.25, -0.2) is 13.8 Å². The summed E-state index contributed by atoms with van der Waals surface area (Å²) in [4.78, 5) is 22.7. The van der Waals surface area contributed by atoms with Gasteiger partial charge >= 0.3 is 0 Å². The molecule has 1 aliphatic heterocycles. The summed E-state index contributed by atoms with van der Waals surface area (Å²) in [6, 6.07) is 0. The van der Waals surface area contributed by atoms with E-state index in [0.717, 1.165) is 17.5 Å². The molecule has 4 rings (SSSR count). The van der Waals surface area contributed by atoms with E-state index in [-0.39, 0.29) is 22.3 Å². The van der Waals surface area contributed by atoms with Crippen LogP contribution in [-0.2, 0) is 11.3 Å². The van der Waals surface area contributed by atoms with Gasteiger partial charge in [0.1, 0.15) is 11.6 Å². The number of aromatic nitrogens is 6. The van der Waals surface area contributed by atoms with Crippen LogP contribution in [0.5, 0.6) is 0 Å². The van der Waals surface area contributed by atoms with Gasteiger partial charge in [-0.1, -0.05) is 18.2 Å². The number of aromatic amines is 1. The molecule has 13 heteroatoms. The molecule has 0 radical (unpaired) electrons. The summed E-state index contributed by atoms with van der Waals surface area (Å²) in [6.07, 6.45) is 3.47. The molecule has 2 N–H and O–H groups in total. The zero-order valence-electron chi connectivity index (χ0n) is 16.3. The lowest BCUT2D eigenvalue weighted by Crippen LogP contribution is -2.40. The molecule has 0 bridgehead atoms. The molecule has 1 atom stereocenters. The predicted molar refractivity (Wildman–Crippen MR) is 114 cm³/mol. The van der Waals surface area contributed by atoms with E-state index < -0.39 is 13.0 Å². The Morgan fingerprint density at radius 2 is 2.32 bits per heavy atom. The minimum absolute atomic E-state index is 0.0948. The van der Waals surface area contributed by atoms with Crippen LogP contribution in [0.25, 0.3) is 11.0 Å². The molecule has 0 aliphatic carbocycles. The predicted octanol–water partition coefficient (Wildman–Crippen LogP) is 3.48. The number of rotatable bonds is 7. The Kier molecular flexibility index (Phi) is 6.37. The molecular weight excluding hydrogens is 450 g/mol. The first-order valence-corrected chi connectivity index (χ1v) is 10.8. The van der Waals surface area contributed by atoms with Crippen molar-refractivity contribution >= 4 is 51.9 Å². The summed E-state index contributed by atoms with van der Waals surface area (Å²) in [5, 5.41) is 15.2. The van der Waals surface area contributed by atoms with Crippen LogP contribution in [0.1, 0.15) is 12.8 Å². The highest BCUT2D eigenvalue weighted by Crippen LogP contribution is 2.36. The molecule has 31 heavy (non-hydrogen) atoms. The number of hydrogen-bond donors (Lipinski definition) is 2. The van der Waals surface area contributed by atoms with Crippen molar-refractivity contribution in [3.8, 4) is 0 Å². The molecule has 0 spiro atoms. The van der Waals surface area contributed by atoms with Gasteiger partial charge in [-0.2, -0.15) is 15.2 Å². The lowest BCUT2D eigenvalue weighted by molar-refractivity contribution is -0.126. The second kappa shape index (κ2) is 9.18. The van der Waals surface area contributed by atoms with E-state index in [2.05, 4.69) is 37.2 Å². The molecule has 0 aromatic carbocycles. The average molecular weight is 469 g/mol. The van der Waals surface area contributed by atoms with Crippen molar-refractivity contribution in [3.63, 3.8) is 0 Å². The molecule has 3 aromatic rings. The van der Waals surface area contributed by atoms with Crippen LogP contribution in [0.4, 0.5) is 20.4 Å². The number of likely N-dealkylation sites (tertiary alicyclic amines) is 1. The van der Waals surface area contributed by atoms with Crippen molar-refractivity contribution in [1.82, 2.24) is 34.8 Å². The maximum Gasteiger partial charge on any atom is 0.257 e. The lowest BCUT2D eigenvalue weighted by Gasteiger charge is -2.31. The van der Waals surface area contributed by atoms with Gasteiger partial charge in [0, 0.05) is 24.5 Å². The average Bonchev–Trinajstić information content (AvgIpc) is 3.33. The first-order valence-electron chi connectivity index (χ1n) is 9.50. The largest absolute Gasteiger partial charge is 0.338 e. The Balaban J connectivity index is 1.57. The number of piperidine rings is 1. The highest BCUT2D eigenvalue weighted by Gasteiger charge is 2.25. The normalized spacial score (nSPS) is 16.8. The number of halogens is 3. The minimum atomic E-state index is -2.50. The maximum atomic E-state index is 12.5. The van der Waals surface area contributed by atoms with Crippen LogP contribution in [0.15, 0.2) is 30.1 Å². The Hall–Kier alpha value is -2.73. The standard InChI is InChI=1S/C18H19ClF2N8OS/c1-2-13(30)28-5-3-4-11(8-28)31-17-14-15(19)26-27-16(14)24-18(25-17)23-10-6-22-29(7-10)9-12(20)21/h2,6-7,11-12H,1,3-5,8-9H2,(H2,23,24,25,26,27). The molecule has 9 nitrogen and oxygen atoms in total. The first-order chi connectivity index (χ1) is 14.9. The number of H-pyrrole nitrogens is 1. The van der Waals surface area contributed by atoms with Gasteiger partial charge in [0.2, 0.25) is 11.9 Å². The number of carbonyl (C=O) groups excluding carboxylic acids is 1. The minimum Gasteiger partial charge on any atom is -0.338 e. The van der Waals surface area contributed by atoms with Gasteiger partial charge in [0.15, 0.2) is 10.8 Å². The molecule has 3 aromatic heterocycles. The number of hydrogen-bond acceptors (Lipinski definition) is 7. The molecule has 1 amide bonds. The zero-order chi connectivity index (χ0) is 22.0. The van der Waals surface area contributed by atoms with E-state index >= 15 is 0 Å². The van der Waals surface area contributed by atoms with E-state index in [4.69, 9.17) is 11.6 Å². The molecule has 1 saturated heterocycles. The van der Waals surface area contributed by atoms with E-state index in [9.17, 15) is 13.6 Å². The smallest absolute Gasteiger partial charge is 0.257 e. The number of anilines is 2. The fraction of sp³-hybridized carbons (Fsp3) is 0.389. The van der Waals surface area contributed by atoms with Crippen molar-refractivity contribution in [3.05, 3.63) is 30.2 Å². The van der Waals surface area contributed by atoms with Crippen LogP contribution in [0.2, 0.25) is 5.15 Å². The number of alkyl halides is 2. The molecule has 164 valence electrons. The monoisotopic (exact) mass is 468 g/mol. The van der Waals surface area contributed by atoms with Crippen molar-refractivity contribution in [2.45, 2.75) is 36.1 Å². The van der Waals surface area contributed by atoms with E-state index in [1.54, 1.807) is 4.90 Å². The third kappa shape index (κ3) is 4.96. The summed E-state index contributed by atoms with van der Waals surface area (Å²) < 4.78 is 26.2. The molecule has 1 unspecified atom stereocenters. The van der Waals surface area contributed by atoms with Crippen molar-refractivity contribution in [2.24, 2.45) is 0 Å². The molecule has 4 heterocycles. The second-order valence-electron chi connectivity index (χ2n) is 6.93. The van der Waals surface area contributed by atoms with Gasteiger partial charge in [-0.05, 0) is 18.9 Å². The highest BCUT2D eigenvalue weighted by molar-refractivity contribution is 8.00. The number of carbonyl (C=O) groups is 1. The molecule has 0 saturated carbocycles. The summed E-state index contributed by atoms with van der Waals surface area (Å²) in [5.41, 5.74) is 0.918. The van der Waals surface area contributed by atoms with Crippen molar-refractivity contribution < 1.29 is 13.6 Å². The Bertz CT molecular complexity index is 1100. The summed E-state index contributed by atoms with van der Waals surface area (Å²) in [6.45, 7) is 4.32. The van der Waals surface area contributed by atoms with E-state index in [0.29, 0.717) is 34.8 Å². The van der Waals surface area contributed by atoms with Gasteiger partial charge in [0.25, 0.3) is 6.43 Å². The summed E-state index contributed by atoms with van der Waals surface area (Å²) in [5.74, 6) is 0.157. The fourth-order valence-electron chi connectivity index (χ4n) is 3.33. The molecule has 1 aliphatic rings. The van der Waals surface area contributed by atoms with E-state index in [1.807, 2.05) is 0 Å². The van der Waals surface area contributed by atoms with Crippen molar-refractivity contribution in [1.29, 1.82) is 0 Å². The maximum absolute atomic E-state index is 12.5. The van der Waals surface area contributed by atoms with Crippen LogP contribution < -0.4 is 5.32 Å². The van der Waals surface area contributed by atoms with Gasteiger partial charge < -0.3 is 10.2 Å². The number of amides is 1. The zero-order valence-corrected chi connectivity index (χ0v) is 17.8.